The first-order valence-corrected chi connectivity index (χ1v) is 11.6. The minimum absolute atomic E-state index is 0.0379. The molecule has 6 aliphatic rings. The molecule has 0 N–H and O–H groups in total. The van der Waals surface area contributed by atoms with E-state index in [-0.39, 0.29) is 22.8 Å². The van der Waals surface area contributed by atoms with Gasteiger partial charge < -0.3 is 14.2 Å². The van der Waals surface area contributed by atoms with E-state index in [1.165, 1.54) is 32.1 Å². The van der Waals surface area contributed by atoms with E-state index in [2.05, 4.69) is 19.9 Å². The minimum Gasteiger partial charge on any atom is -0.458 e. The Balaban J connectivity index is 1.31. The van der Waals surface area contributed by atoms with E-state index < -0.39 is 0 Å². The van der Waals surface area contributed by atoms with Crippen molar-refractivity contribution in [2.75, 3.05) is 13.2 Å². The first-order valence-electron chi connectivity index (χ1n) is 11.6. The second-order valence-corrected chi connectivity index (χ2v) is 11.0. The quantitative estimate of drug-likeness (QED) is 0.444. The Bertz CT molecular complexity index is 737. The molecule has 2 saturated heterocycles. The average molecular weight is 387 g/mol. The fourth-order valence-corrected chi connectivity index (χ4v) is 8.64. The number of carbonyl (C=O) groups is 1. The number of esters is 1. The molecule has 2 aliphatic heterocycles. The lowest BCUT2D eigenvalue weighted by atomic mass is 9.46. The molecule has 3 saturated carbocycles. The molecule has 0 aromatic heterocycles. The summed E-state index contributed by atoms with van der Waals surface area (Å²) >= 11 is 0. The molecule has 28 heavy (non-hydrogen) atoms. The predicted molar refractivity (Wildman–Crippen MR) is 104 cm³/mol. The summed E-state index contributed by atoms with van der Waals surface area (Å²) in [5.41, 5.74) is 1.92. The van der Waals surface area contributed by atoms with Crippen molar-refractivity contribution < 1.29 is 19.0 Å². The van der Waals surface area contributed by atoms with Gasteiger partial charge in [0.25, 0.3) is 0 Å². The lowest BCUT2D eigenvalue weighted by Gasteiger charge is -2.59. The molecule has 0 radical (unpaired) electrons. The maximum atomic E-state index is 12.0. The third kappa shape index (κ3) is 2.12. The Hall–Kier alpha value is -0.870. The molecule has 4 heteroatoms. The molecule has 4 aliphatic carbocycles. The van der Waals surface area contributed by atoms with Gasteiger partial charge in [-0.3, -0.25) is 4.79 Å². The van der Waals surface area contributed by atoms with Gasteiger partial charge in [-0.2, -0.15) is 0 Å². The highest BCUT2D eigenvalue weighted by Crippen LogP contribution is 2.69. The summed E-state index contributed by atoms with van der Waals surface area (Å²) in [6.07, 6.45) is 13.3. The lowest BCUT2D eigenvalue weighted by Crippen LogP contribution is -2.55. The molecule has 0 bridgehead atoms. The molecule has 6 rings (SSSR count). The first kappa shape index (κ1) is 17.9. The van der Waals surface area contributed by atoms with Crippen molar-refractivity contribution in [3.05, 3.63) is 11.6 Å². The van der Waals surface area contributed by atoms with Crippen LogP contribution in [-0.4, -0.2) is 30.6 Å². The zero-order chi connectivity index (χ0) is 19.2. The molecule has 154 valence electrons. The number of hydrogen-bond donors (Lipinski definition) is 0. The zero-order valence-corrected chi connectivity index (χ0v) is 17.4. The van der Waals surface area contributed by atoms with E-state index in [4.69, 9.17) is 14.2 Å². The third-order valence-corrected chi connectivity index (χ3v) is 10.3. The van der Waals surface area contributed by atoms with Crippen LogP contribution in [0.5, 0.6) is 0 Å². The topological polar surface area (TPSA) is 44.8 Å². The standard InChI is InChI=1S/C24H34O4/c1-21-11-12-24(26-13-14-27-24)15-16(21)3-4-17-18(21)5-8-22(2)19(17)6-9-23(22)10-7-20(25)28-23/h3,17-19H,4-15H2,1-2H3/t17-,18-,19+,21+,22+,23-/m1/s1. The van der Waals surface area contributed by atoms with Gasteiger partial charge in [0.15, 0.2) is 5.79 Å². The Labute approximate surface area is 168 Å². The highest BCUT2D eigenvalue weighted by Gasteiger charge is 2.67. The monoisotopic (exact) mass is 386 g/mol. The van der Waals surface area contributed by atoms with Gasteiger partial charge in [0.2, 0.25) is 0 Å². The van der Waals surface area contributed by atoms with Gasteiger partial charge in [-0.1, -0.05) is 25.5 Å². The van der Waals surface area contributed by atoms with Crippen LogP contribution < -0.4 is 0 Å². The van der Waals surface area contributed by atoms with Crippen LogP contribution in [-0.2, 0) is 19.0 Å². The van der Waals surface area contributed by atoms with Crippen molar-refractivity contribution in [1.82, 2.24) is 0 Å². The highest BCUT2D eigenvalue weighted by molar-refractivity contribution is 5.72. The Kier molecular flexibility index (Phi) is 3.61. The van der Waals surface area contributed by atoms with Gasteiger partial charge in [-0.15, -0.1) is 0 Å². The fourth-order valence-electron chi connectivity index (χ4n) is 8.64. The van der Waals surface area contributed by atoms with Crippen LogP contribution in [0.25, 0.3) is 0 Å². The number of fused-ring (bicyclic) bond motifs is 6. The van der Waals surface area contributed by atoms with Gasteiger partial charge in [0.05, 0.1) is 13.2 Å². The number of allylic oxidation sites excluding steroid dienone is 1. The molecular weight excluding hydrogens is 352 g/mol. The number of carbonyl (C=O) groups excluding carboxylic acids is 1. The Morgan fingerprint density at radius 3 is 2.50 bits per heavy atom. The summed E-state index contributed by atoms with van der Waals surface area (Å²) in [6, 6.07) is 0. The molecule has 2 spiro atoms. The van der Waals surface area contributed by atoms with Gasteiger partial charge in [0, 0.05) is 24.7 Å². The highest BCUT2D eigenvalue weighted by atomic mass is 16.7. The summed E-state index contributed by atoms with van der Waals surface area (Å²) in [5, 5.41) is 0. The predicted octanol–water partition coefficient (Wildman–Crippen LogP) is 4.77. The van der Waals surface area contributed by atoms with Crippen molar-refractivity contribution in [1.29, 1.82) is 0 Å². The maximum Gasteiger partial charge on any atom is 0.306 e. The molecule has 0 aromatic rings. The van der Waals surface area contributed by atoms with Gasteiger partial charge >= 0.3 is 5.97 Å². The zero-order valence-electron chi connectivity index (χ0n) is 17.4. The van der Waals surface area contributed by atoms with E-state index >= 15 is 0 Å². The van der Waals surface area contributed by atoms with Crippen LogP contribution in [0.2, 0.25) is 0 Å². The molecule has 0 aromatic carbocycles. The first-order chi connectivity index (χ1) is 13.4. The molecule has 6 atom stereocenters. The summed E-state index contributed by atoms with van der Waals surface area (Å²) < 4.78 is 18.2. The van der Waals surface area contributed by atoms with E-state index in [1.807, 2.05) is 0 Å². The summed E-state index contributed by atoms with van der Waals surface area (Å²) in [6.45, 7) is 6.48. The summed E-state index contributed by atoms with van der Waals surface area (Å²) in [5.74, 6) is 1.91. The van der Waals surface area contributed by atoms with Gasteiger partial charge in [-0.25, -0.2) is 0 Å². The second kappa shape index (κ2) is 5.63. The van der Waals surface area contributed by atoms with Gasteiger partial charge in [-0.05, 0) is 68.1 Å². The number of ether oxygens (including phenoxy) is 3. The third-order valence-electron chi connectivity index (χ3n) is 10.3. The van der Waals surface area contributed by atoms with Crippen LogP contribution >= 0.6 is 0 Å². The van der Waals surface area contributed by atoms with Crippen LogP contribution in [0.3, 0.4) is 0 Å². The van der Waals surface area contributed by atoms with Crippen molar-refractivity contribution in [3.63, 3.8) is 0 Å². The lowest BCUT2D eigenvalue weighted by molar-refractivity contribution is -0.189. The smallest absolute Gasteiger partial charge is 0.306 e. The second-order valence-electron chi connectivity index (χ2n) is 11.0. The maximum absolute atomic E-state index is 12.0. The van der Waals surface area contributed by atoms with E-state index in [9.17, 15) is 4.79 Å². The van der Waals surface area contributed by atoms with Crippen molar-refractivity contribution in [2.45, 2.75) is 89.4 Å². The normalized spacial score (nSPS) is 51.6. The summed E-state index contributed by atoms with van der Waals surface area (Å²) in [4.78, 5) is 12.0. The number of rotatable bonds is 0. The fraction of sp³-hybridized carbons (Fsp3) is 0.875. The van der Waals surface area contributed by atoms with E-state index in [1.54, 1.807) is 5.57 Å². The molecule has 5 fully saturated rings. The molecule has 0 amide bonds. The Morgan fingerprint density at radius 1 is 0.964 bits per heavy atom. The Morgan fingerprint density at radius 2 is 1.75 bits per heavy atom. The van der Waals surface area contributed by atoms with Crippen LogP contribution in [0.15, 0.2) is 11.6 Å². The van der Waals surface area contributed by atoms with Crippen molar-refractivity contribution >= 4 is 5.97 Å². The van der Waals surface area contributed by atoms with Crippen LogP contribution in [0.4, 0.5) is 0 Å². The average Bonchev–Trinajstić information content (AvgIpc) is 3.36. The van der Waals surface area contributed by atoms with E-state index in [0.29, 0.717) is 17.8 Å². The minimum atomic E-state index is -0.323. The molecule has 4 nitrogen and oxygen atoms in total. The number of hydrogen-bond acceptors (Lipinski definition) is 4. The van der Waals surface area contributed by atoms with Crippen molar-refractivity contribution in [2.24, 2.45) is 28.6 Å². The van der Waals surface area contributed by atoms with Crippen LogP contribution in [0.1, 0.15) is 78.1 Å². The molecule has 2 heterocycles. The van der Waals surface area contributed by atoms with Gasteiger partial charge in [0.1, 0.15) is 5.60 Å². The van der Waals surface area contributed by atoms with Crippen molar-refractivity contribution in [3.8, 4) is 0 Å². The largest absolute Gasteiger partial charge is 0.458 e. The molecule has 0 unspecified atom stereocenters. The summed E-state index contributed by atoms with van der Waals surface area (Å²) in [7, 11) is 0. The molecular formula is C24H34O4. The SMILES string of the molecule is C[C@]12CCC3(CC1=CC[C@@H]1[C@H]2CC[C@@]2(C)[C@H]1CC[C@@]21CCC(=O)O1)OCCO3. The van der Waals surface area contributed by atoms with Crippen LogP contribution in [0, 0.1) is 28.6 Å². The van der Waals surface area contributed by atoms with E-state index in [0.717, 1.165) is 50.7 Å².